The highest BCUT2D eigenvalue weighted by atomic mass is 32.2. The standard InChI is InChI=1S/C28H25F3N4O6S/c1-34(2)13-14-40-26(36)23-16-20(28(29,30)31)6-9-22(23)18-5-10-24-19(15-18)11-12-35(24)42(38,39)21-7-3-17(4-8-21)25-32-27(37)41-33-25/h3-10,15-16H,11-14H2,1-2H3,(H,32,33,37). The first-order valence-electron chi connectivity index (χ1n) is 12.7. The van der Waals surface area contributed by atoms with Crippen LogP contribution < -0.4 is 10.1 Å². The maximum atomic E-state index is 13.5. The molecule has 0 saturated heterocycles. The number of fused-ring (bicyclic) bond motifs is 1. The Bertz CT molecular complexity index is 1800. The van der Waals surface area contributed by atoms with Crippen molar-refractivity contribution in [3.05, 3.63) is 87.9 Å². The van der Waals surface area contributed by atoms with Gasteiger partial charge in [-0.1, -0.05) is 17.3 Å². The van der Waals surface area contributed by atoms with Gasteiger partial charge >= 0.3 is 17.9 Å². The van der Waals surface area contributed by atoms with Gasteiger partial charge in [-0.15, -0.1) is 0 Å². The van der Waals surface area contributed by atoms with Gasteiger partial charge in [-0.3, -0.25) is 13.8 Å². The van der Waals surface area contributed by atoms with E-state index in [1.807, 2.05) is 0 Å². The lowest BCUT2D eigenvalue weighted by Crippen LogP contribution is -2.29. The summed E-state index contributed by atoms with van der Waals surface area (Å²) in [5.41, 5.74) is 1.00. The lowest BCUT2D eigenvalue weighted by Gasteiger charge is -2.20. The summed E-state index contributed by atoms with van der Waals surface area (Å²) in [5, 5.41) is 3.58. The number of sulfonamides is 1. The molecule has 0 fully saturated rings. The molecule has 5 rings (SSSR count). The second-order valence-electron chi connectivity index (χ2n) is 9.84. The zero-order chi connectivity index (χ0) is 30.2. The topological polar surface area (TPSA) is 126 Å². The average Bonchev–Trinajstić information content (AvgIpc) is 3.58. The number of anilines is 1. The van der Waals surface area contributed by atoms with E-state index in [-0.39, 0.29) is 35.0 Å². The summed E-state index contributed by atoms with van der Waals surface area (Å²) >= 11 is 0. The van der Waals surface area contributed by atoms with Crippen LogP contribution in [0.2, 0.25) is 0 Å². The number of aromatic amines is 1. The van der Waals surface area contributed by atoms with E-state index in [0.717, 1.165) is 12.1 Å². The van der Waals surface area contributed by atoms with Crippen molar-refractivity contribution in [3.8, 4) is 22.5 Å². The third-order valence-corrected chi connectivity index (χ3v) is 8.57. The van der Waals surface area contributed by atoms with Gasteiger partial charge < -0.3 is 9.64 Å². The Morgan fingerprint density at radius 3 is 2.43 bits per heavy atom. The number of likely N-dealkylation sites (N-methyl/N-ethyl adjacent to an activating group) is 1. The molecule has 1 aliphatic rings. The molecule has 3 aromatic carbocycles. The molecule has 1 aromatic heterocycles. The molecule has 0 spiro atoms. The van der Waals surface area contributed by atoms with Crippen molar-refractivity contribution in [1.29, 1.82) is 0 Å². The van der Waals surface area contributed by atoms with Gasteiger partial charge in [0.25, 0.3) is 10.0 Å². The van der Waals surface area contributed by atoms with Gasteiger partial charge in [-0.25, -0.2) is 18.0 Å². The van der Waals surface area contributed by atoms with Gasteiger partial charge in [-0.05, 0) is 85.7 Å². The smallest absolute Gasteiger partial charge is 0.439 e. The molecule has 0 aliphatic carbocycles. The van der Waals surface area contributed by atoms with Crippen molar-refractivity contribution < 1.29 is 35.6 Å². The second-order valence-corrected chi connectivity index (χ2v) is 11.7. The molecule has 4 aromatic rings. The number of alkyl halides is 3. The predicted molar refractivity (Wildman–Crippen MR) is 147 cm³/mol. The maximum absolute atomic E-state index is 13.5. The molecule has 10 nitrogen and oxygen atoms in total. The molecule has 1 N–H and O–H groups in total. The van der Waals surface area contributed by atoms with Crippen LogP contribution in [0.15, 0.2) is 74.9 Å². The maximum Gasteiger partial charge on any atom is 0.439 e. The van der Waals surface area contributed by atoms with Crippen LogP contribution in [0.3, 0.4) is 0 Å². The van der Waals surface area contributed by atoms with Gasteiger partial charge in [-0.2, -0.15) is 13.2 Å². The number of benzene rings is 3. The minimum absolute atomic E-state index is 0.00394. The van der Waals surface area contributed by atoms with Crippen molar-refractivity contribution in [1.82, 2.24) is 15.0 Å². The molecule has 14 heteroatoms. The molecule has 0 saturated carbocycles. The summed E-state index contributed by atoms with van der Waals surface area (Å²) in [6, 6.07) is 13.5. The fraction of sp³-hybridized carbons (Fsp3) is 0.250. The van der Waals surface area contributed by atoms with E-state index in [4.69, 9.17) is 4.74 Å². The fourth-order valence-electron chi connectivity index (χ4n) is 4.59. The van der Waals surface area contributed by atoms with Gasteiger partial charge in [0.1, 0.15) is 6.61 Å². The van der Waals surface area contributed by atoms with Crippen LogP contribution in [0.4, 0.5) is 18.9 Å². The molecule has 0 atom stereocenters. The molecule has 0 unspecified atom stereocenters. The number of carbonyl (C=O) groups is 1. The Labute approximate surface area is 238 Å². The highest BCUT2D eigenvalue weighted by Crippen LogP contribution is 2.38. The minimum Gasteiger partial charge on any atom is -0.461 e. The number of hydrogen-bond donors (Lipinski definition) is 1. The van der Waals surface area contributed by atoms with Crippen molar-refractivity contribution in [2.45, 2.75) is 17.5 Å². The number of ether oxygens (including phenoxy) is 1. The Morgan fingerprint density at radius 2 is 1.79 bits per heavy atom. The van der Waals surface area contributed by atoms with Crippen LogP contribution in [0.5, 0.6) is 0 Å². The Kier molecular flexibility index (Phi) is 7.68. The van der Waals surface area contributed by atoms with E-state index >= 15 is 0 Å². The number of esters is 1. The summed E-state index contributed by atoms with van der Waals surface area (Å²) in [6.07, 6.45) is -4.31. The number of nitrogens with one attached hydrogen (secondary N) is 1. The second kappa shape index (κ2) is 11.1. The van der Waals surface area contributed by atoms with Crippen molar-refractivity contribution in [2.24, 2.45) is 0 Å². The zero-order valence-electron chi connectivity index (χ0n) is 22.4. The largest absolute Gasteiger partial charge is 0.461 e. The molecule has 220 valence electrons. The van der Waals surface area contributed by atoms with E-state index in [1.165, 1.54) is 34.6 Å². The SMILES string of the molecule is CN(C)CCOC(=O)c1cc(C(F)(F)F)ccc1-c1ccc2c(c1)CCN2S(=O)(=O)c1ccc(-c2noc(=O)[nH]2)cc1. The number of H-pyrrole nitrogens is 1. The van der Waals surface area contributed by atoms with E-state index in [2.05, 4.69) is 14.7 Å². The molecule has 0 amide bonds. The summed E-state index contributed by atoms with van der Waals surface area (Å²) in [4.78, 5) is 28.3. The number of carbonyl (C=O) groups excluding carboxylic acids is 1. The zero-order valence-corrected chi connectivity index (χ0v) is 23.3. The molecule has 42 heavy (non-hydrogen) atoms. The average molecular weight is 603 g/mol. The van der Waals surface area contributed by atoms with Crippen LogP contribution in [-0.4, -0.2) is 63.2 Å². The quantitative estimate of drug-likeness (QED) is 0.298. The molecule has 2 heterocycles. The Morgan fingerprint density at radius 1 is 1.07 bits per heavy atom. The third-order valence-electron chi connectivity index (χ3n) is 6.74. The van der Waals surface area contributed by atoms with Crippen molar-refractivity contribution in [2.75, 3.05) is 38.1 Å². The number of nitrogens with zero attached hydrogens (tertiary/aromatic N) is 3. The first-order valence-corrected chi connectivity index (χ1v) is 14.1. The first-order chi connectivity index (χ1) is 19.8. The van der Waals surface area contributed by atoms with E-state index in [1.54, 1.807) is 37.2 Å². The van der Waals surface area contributed by atoms with Crippen LogP contribution in [0, 0.1) is 0 Å². The fourth-order valence-corrected chi connectivity index (χ4v) is 6.10. The van der Waals surface area contributed by atoms with Crippen LogP contribution in [0.1, 0.15) is 21.5 Å². The van der Waals surface area contributed by atoms with Crippen LogP contribution in [0.25, 0.3) is 22.5 Å². The van der Waals surface area contributed by atoms with Crippen LogP contribution >= 0.6 is 0 Å². The Balaban J connectivity index is 1.45. The van der Waals surface area contributed by atoms with Gasteiger partial charge in [0.2, 0.25) is 0 Å². The highest BCUT2D eigenvalue weighted by molar-refractivity contribution is 7.92. The first kappa shape index (κ1) is 29.1. The lowest BCUT2D eigenvalue weighted by molar-refractivity contribution is -0.137. The predicted octanol–water partition coefficient (Wildman–Crippen LogP) is 4.19. The third kappa shape index (κ3) is 5.81. The number of rotatable bonds is 8. The highest BCUT2D eigenvalue weighted by Gasteiger charge is 2.34. The number of aromatic nitrogens is 2. The van der Waals surface area contributed by atoms with E-state index in [9.17, 15) is 31.2 Å². The molecule has 1 aliphatic heterocycles. The summed E-state index contributed by atoms with van der Waals surface area (Å²) in [5.74, 6) is -1.47. The minimum atomic E-state index is -4.66. The summed E-state index contributed by atoms with van der Waals surface area (Å²) in [6.45, 7) is 0.535. The monoisotopic (exact) mass is 602 g/mol. The van der Waals surface area contributed by atoms with Crippen molar-refractivity contribution in [3.63, 3.8) is 0 Å². The lowest BCUT2D eigenvalue weighted by atomic mass is 9.95. The van der Waals surface area contributed by atoms with Crippen LogP contribution in [-0.2, 0) is 27.4 Å². The van der Waals surface area contributed by atoms with E-state index in [0.29, 0.717) is 35.3 Å². The normalized spacial score (nSPS) is 13.4. The molecular weight excluding hydrogens is 577 g/mol. The molecular formula is C28H25F3N4O6S. The molecule has 0 radical (unpaired) electrons. The van der Waals surface area contributed by atoms with Gasteiger partial charge in [0, 0.05) is 18.7 Å². The van der Waals surface area contributed by atoms with Gasteiger partial charge in [0.05, 0.1) is 21.7 Å². The number of halogens is 3. The summed E-state index contributed by atoms with van der Waals surface area (Å²) in [7, 11) is -0.425. The Hall–Kier alpha value is -4.43. The van der Waals surface area contributed by atoms with Gasteiger partial charge in [0.15, 0.2) is 5.82 Å². The number of hydrogen-bond acceptors (Lipinski definition) is 8. The van der Waals surface area contributed by atoms with Crippen molar-refractivity contribution >= 4 is 21.7 Å². The molecule has 0 bridgehead atoms. The van der Waals surface area contributed by atoms with E-state index < -0.39 is 33.5 Å². The summed E-state index contributed by atoms with van der Waals surface area (Å²) < 4.78 is 78.4.